The topological polar surface area (TPSA) is 39.1 Å². The van der Waals surface area contributed by atoms with Crippen molar-refractivity contribution in [1.29, 1.82) is 0 Å². The lowest BCUT2D eigenvalue weighted by Crippen LogP contribution is -2.12. The van der Waals surface area contributed by atoms with Crippen molar-refractivity contribution in [3.05, 3.63) is 34.3 Å². The standard InChI is InChI=1S/C12H17N3OS/c1-10-7-15(8-11-3-6-17-9-11)12(14-10)13-4-5-16-2/h3,6-7,9H,4-5,8H2,1-2H3,(H,13,14). The Morgan fingerprint density at radius 3 is 3.12 bits per heavy atom. The molecule has 2 aromatic heterocycles. The molecule has 4 nitrogen and oxygen atoms in total. The highest BCUT2D eigenvalue weighted by Crippen LogP contribution is 2.13. The zero-order valence-electron chi connectivity index (χ0n) is 10.1. The van der Waals surface area contributed by atoms with Crippen LogP contribution in [0.2, 0.25) is 0 Å². The van der Waals surface area contributed by atoms with E-state index in [0.29, 0.717) is 6.61 Å². The number of anilines is 1. The molecule has 0 aliphatic heterocycles. The summed E-state index contributed by atoms with van der Waals surface area (Å²) in [5.74, 6) is 0.908. The number of ether oxygens (including phenoxy) is 1. The van der Waals surface area contributed by atoms with Crippen molar-refractivity contribution in [2.75, 3.05) is 25.6 Å². The van der Waals surface area contributed by atoms with Gasteiger partial charge in [0.2, 0.25) is 5.95 Å². The van der Waals surface area contributed by atoms with Gasteiger partial charge in [-0.25, -0.2) is 4.98 Å². The summed E-state index contributed by atoms with van der Waals surface area (Å²) < 4.78 is 7.15. The minimum absolute atomic E-state index is 0.685. The van der Waals surface area contributed by atoms with Gasteiger partial charge in [0.05, 0.1) is 18.8 Å². The van der Waals surface area contributed by atoms with Crippen LogP contribution in [0.15, 0.2) is 23.0 Å². The molecule has 0 aliphatic carbocycles. The lowest BCUT2D eigenvalue weighted by molar-refractivity contribution is 0.210. The summed E-state index contributed by atoms with van der Waals surface area (Å²) in [5.41, 5.74) is 2.34. The summed E-state index contributed by atoms with van der Waals surface area (Å²) >= 11 is 1.72. The first kappa shape index (κ1) is 12.1. The molecule has 0 fully saturated rings. The second-order valence-electron chi connectivity index (χ2n) is 3.88. The van der Waals surface area contributed by atoms with E-state index in [1.165, 1.54) is 5.56 Å². The van der Waals surface area contributed by atoms with Crippen LogP contribution >= 0.6 is 11.3 Å². The lowest BCUT2D eigenvalue weighted by Gasteiger charge is -2.08. The van der Waals surface area contributed by atoms with Gasteiger partial charge in [0.25, 0.3) is 0 Å². The van der Waals surface area contributed by atoms with Crippen molar-refractivity contribution in [1.82, 2.24) is 9.55 Å². The van der Waals surface area contributed by atoms with Crippen molar-refractivity contribution in [3.8, 4) is 0 Å². The molecule has 0 amide bonds. The zero-order valence-corrected chi connectivity index (χ0v) is 11.0. The van der Waals surface area contributed by atoms with Gasteiger partial charge in [-0.3, -0.25) is 0 Å². The molecule has 0 saturated carbocycles. The molecule has 0 spiro atoms. The van der Waals surface area contributed by atoms with Crippen LogP contribution in [0.4, 0.5) is 5.95 Å². The highest BCUT2D eigenvalue weighted by molar-refractivity contribution is 7.07. The summed E-state index contributed by atoms with van der Waals surface area (Å²) in [7, 11) is 1.70. The molecule has 17 heavy (non-hydrogen) atoms. The third-order valence-electron chi connectivity index (χ3n) is 2.42. The number of rotatable bonds is 6. The van der Waals surface area contributed by atoms with Gasteiger partial charge in [0.15, 0.2) is 0 Å². The van der Waals surface area contributed by atoms with E-state index in [0.717, 1.165) is 24.7 Å². The van der Waals surface area contributed by atoms with E-state index in [1.807, 2.05) is 6.92 Å². The van der Waals surface area contributed by atoms with Gasteiger partial charge in [-0.1, -0.05) is 0 Å². The molecular weight excluding hydrogens is 234 g/mol. The van der Waals surface area contributed by atoms with Crippen LogP contribution in [0.25, 0.3) is 0 Å². The van der Waals surface area contributed by atoms with E-state index in [4.69, 9.17) is 4.74 Å². The first-order chi connectivity index (χ1) is 8.29. The third-order valence-corrected chi connectivity index (χ3v) is 3.15. The SMILES string of the molecule is COCCNc1nc(C)cn1Cc1ccsc1. The Hall–Kier alpha value is -1.33. The van der Waals surface area contributed by atoms with Gasteiger partial charge < -0.3 is 14.6 Å². The Balaban J connectivity index is 2.05. The van der Waals surface area contributed by atoms with Crippen molar-refractivity contribution in [2.45, 2.75) is 13.5 Å². The van der Waals surface area contributed by atoms with Crippen molar-refractivity contribution >= 4 is 17.3 Å². The molecule has 2 rings (SSSR count). The summed E-state index contributed by atoms with van der Waals surface area (Å²) in [6.07, 6.45) is 2.06. The number of aryl methyl sites for hydroxylation is 1. The van der Waals surface area contributed by atoms with Crippen LogP contribution in [0, 0.1) is 6.92 Å². The number of hydrogen-bond acceptors (Lipinski definition) is 4. The molecule has 0 saturated heterocycles. The lowest BCUT2D eigenvalue weighted by atomic mass is 10.3. The van der Waals surface area contributed by atoms with Gasteiger partial charge in [-0.2, -0.15) is 11.3 Å². The number of methoxy groups -OCH3 is 1. The van der Waals surface area contributed by atoms with Crippen LogP contribution in [0.3, 0.4) is 0 Å². The fourth-order valence-corrected chi connectivity index (χ4v) is 2.31. The van der Waals surface area contributed by atoms with Crippen LogP contribution in [-0.2, 0) is 11.3 Å². The second kappa shape index (κ2) is 5.84. The van der Waals surface area contributed by atoms with Gasteiger partial charge in [0, 0.05) is 19.9 Å². The number of aromatic nitrogens is 2. The second-order valence-corrected chi connectivity index (χ2v) is 4.66. The van der Waals surface area contributed by atoms with E-state index in [-0.39, 0.29) is 0 Å². The monoisotopic (exact) mass is 251 g/mol. The van der Waals surface area contributed by atoms with Gasteiger partial charge in [-0.05, 0) is 29.3 Å². The molecule has 0 bridgehead atoms. The van der Waals surface area contributed by atoms with Crippen LogP contribution < -0.4 is 5.32 Å². The zero-order chi connectivity index (χ0) is 12.1. The van der Waals surface area contributed by atoms with Crippen LogP contribution in [0.5, 0.6) is 0 Å². The fourth-order valence-electron chi connectivity index (χ4n) is 1.65. The summed E-state index contributed by atoms with van der Waals surface area (Å²) in [6, 6.07) is 2.14. The molecule has 0 radical (unpaired) electrons. The summed E-state index contributed by atoms with van der Waals surface area (Å²) in [4.78, 5) is 4.46. The molecule has 2 heterocycles. The molecule has 92 valence electrons. The molecule has 0 aromatic carbocycles. The Labute approximate surface area is 105 Å². The molecular formula is C12H17N3OS. The Morgan fingerprint density at radius 1 is 1.53 bits per heavy atom. The van der Waals surface area contributed by atoms with Crippen molar-refractivity contribution in [3.63, 3.8) is 0 Å². The van der Waals surface area contributed by atoms with Gasteiger partial charge >= 0.3 is 0 Å². The smallest absolute Gasteiger partial charge is 0.203 e. The maximum Gasteiger partial charge on any atom is 0.203 e. The van der Waals surface area contributed by atoms with Crippen LogP contribution in [-0.4, -0.2) is 29.8 Å². The molecule has 0 atom stereocenters. The predicted molar refractivity (Wildman–Crippen MR) is 70.8 cm³/mol. The normalized spacial score (nSPS) is 10.7. The highest BCUT2D eigenvalue weighted by atomic mass is 32.1. The quantitative estimate of drug-likeness (QED) is 0.801. The fraction of sp³-hybridized carbons (Fsp3) is 0.417. The average Bonchev–Trinajstić information content (AvgIpc) is 2.90. The Bertz CT molecular complexity index is 450. The predicted octanol–water partition coefficient (Wildman–Crippen LogP) is 2.36. The maximum absolute atomic E-state index is 5.02. The maximum atomic E-state index is 5.02. The first-order valence-electron chi connectivity index (χ1n) is 5.57. The van der Waals surface area contributed by atoms with E-state index in [1.54, 1.807) is 18.4 Å². The van der Waals surface area contributed by atoms with Crippen LogP contribution in [0.1, 0.15) is 11.3 Å². The van der Waals surface area contributed by atoms with Gasteiger partial charge in [0.1, 0.15) is 0 Å². The van der Waals surface area contributed by atoms with E-state index in [9.17, 15) is 0 Å². The minimum atomic E-state index is 0.685. The van der Waals surface area contributed by atoms with Crippen molar-refractivity contribution < 1.29 is 4.74 Å². The van der Waals surface area contributed by atoms with Crippen molar-refractivity contribution in [2.24, 2.45) is 0 Å². The van der Waals surface area contributed by atoms with E-state index >= 15 is 0 Å². The molecule has 0 aliphatic rings. The largest absolute Gasteiger partial charge is 0.383 e. The summed E-state index contributed by atoms with van der Waals surface area (Å²) in [5, 5.41) is 7.53. The number of nitrogens with zero attached hydrogens (tertiary/aromatic N) is 2. The molecule has 5 heteroatoms. The number of hydrogen-bond donors (Lipinski definition) is 1. The molecule has 1 N–H and O–H groups in total. The minimum Gasteiger partial charge on any atom is -0.383 e. The van der Waals surface area contributed by atoms with Gasteiger partial charge in [-0.15, -0.1) is 0 Å². The Morgan fingerprint density at radius 2 is 2.41 bits per heavy atom. The number of nitrogens with one attached hydrogen (secondary N) is 1. The Kier molecular flexibility index (Phi) is 4.17. The number of thiophene rings is 1. The molecule has 0 unspecified atom stereocenters. The van der Waals surface area contributed by atoms with E-state index in [2.05, 4.69) is 37.9 Å². The summed E-state index contributed by atoms with van der Waals surface area (Å²) in [6.45, 7) is 4.33. The average molecular weight is 251 g/mol. The first-order valence-corrected chi connectivity index (χ1v) is 6.51. The highest BCUT2D eigenvalue weighted by Gasteiger charge is 2.05. The number of imidazole rings is 1. The van der Waals surface area contributed by atoms with E-state index < -0.39 is 0 Å². The molecule has 2 aromatic rings. The third kappa shape index (κ3) is 3.31.